The van der Waals surface area contributed by atoms with Crippen molar-refractivity contribution in [3.8, 4) is 11.5 Å². The van der Waals surface area contributed by atoms with Gasteiger partial charge in [0, 0.05) is 19.2 Å². The number of likely N-dealkylation sites (N-methyl/N-ethyl adjacent to an activating group) is 1. The highest BCUT2D eigenvalue weighted by Gasteiger charge is 2.19. The third-order valence-corrected chi connectivity index (χ3v) is 4.63. The molecule has 0 saturated heterocycles. The zero-order chi connectivity index (χ0) is 17.4. The Bertz CT molecular complexity index is 560. The molecule has 0 N–H and O–H groups in total. The highest BCUT2D eigenvalue weighted by atomic mass is 16.5. The van der Waals surface area contributed by atoms with Gasteiger partial charge in [-0.05, 0) is 43.5 Å². The van der Waals surface area contributed by atoms with Crippen molar-refractivity contribution in [3.63, 3.8) is 0 Å². The Hall–Kier alpha value is -1.97. The first-order chi connectivity index (χ1) is 11.7. The van der Waals surface area contributed by atoms with Crippen LogP contribution in [0, 0.1) is 0 Å². The number of nitrogens with zero attached hydrogens (tertiary/aromatic N) is 1. The summed E-state index contributed by atoms with van der Waals surface area (Å²) in [5, 5.41) is 0. The van der Waals surface area contributed by atoms with Crippen molar-refractivity contribution in [2.75, 3.05) is 20.8 Å². The van der Waals surface area contributed by atoms with Gasteiger partial charge in [-0.3, -0.25) is 4.79 Å². The van der Waals surface area contributed by atoms with E-state index in [0.29, 0.717) is 24.1 Å². The summed E-state index contributed by atoms with van der Waals surface area (Å²) in [6, 6.07) is 6.07. The summed E-state index contributed by atoms with van der Waals surface area (Å²) in [4.78, 5) is 14.3. The Morgan fingerprint density at radius 3 is 2.54 bits per heavy atom. The normalized spacial score (nSPS) is 16.0. The van der Waals surface area contributed by atoms with Crippen molar-refractivity contribution in [1.29, 1.82) is 0 Å². The first-order valence-corrected chi connectivity index (χ1v) is 8.91. The van der Waals surface area contributed by atoms with Gasteiger partial charge in [-0.15, -0.1) is 0 Å². The fourth-order valence-electron chi connectivity index (χ4n) is 3.18. The van der Waals surface area contributed by atoms with Crippen LogP contribution in [0.4, 0.5) is 0 Å². The van der Waals surface area contributed by atoms with Gasteiger partial charge in [0.05, 0.1) is 13.7 Å². The van der Waals surface area contributed by atoms with E-state index in [2.05, 4.69) is 0 Å². The molecular weight excluding hydrogens is 302 g/mol. The Morgan fingerprint density at radius 2 is 1.92 bits per heavy atom. The van der Waals surface area contributed by atoms with Crippen molar-refractivity contribution < 1.29 is 14.3 Å². The van der Waals surface area contributed by atoms with Crippen molar-refractivity contribution in [2.24, 2.45) is 0 Å². The summed E-state index contributed by atoms with van der Waals surface area (Å²) >= 11 is 0. The topological polar surface area (TPSA) is 38.8 Å². The van der Waals surface area contributed by atoms with Crippen LogP contribution in [0.15, 0.2) is 24.3 Å². The molecule has 4 heteroatoms. The number of benzene rings is 1. The van der Waals surface area contributed by atoms with Crippen molar-refractivity contribution >= 4 is 12.0 Å². The smallest absolute Gasteiger partial charge is 0.246 e. The molecule has 1 amide bonds. The molecule has 1 aromatic rings. The van der Waals surface area contributed by atoms with Crippen LogP contribution in [0.1, 0.15) is 51.0 Å². The molecule has 0 spiro atoms. The lowest BCUT2D eigenvalue weighted by molar-refractivity contribution is -0.126. The van der Waals surface area contributed by atoms with E-state index < -0.39 is 0 Å². The summed E-state index contributed by atoms with van der Waals surface area (Å²) in [6.07, 6.45) is 10.8. The molecule has 2 rings (SSSR count). The molecule has 0 heterocycles. The van der Waals surface area contributed by atoms with E-state index in [-0.39, 0.29) is 5.91 Å². The van der Waals surface area contributed by atoms with Crippen molar-refractivity contribution in [1.82, 2.24) is 4.90 Å². The predicted molar refractivity (Wildman–Crippen MR) is 97.5 cm³/mol. The minimum absolute atomic E-state index is 0.0654. The van der Waals surface area contributed by atoms with Gasteiger partial charge in [0.2, 0.25) is 5.91 Å². The second-order valence-electron chi connectivity index (χ2n) is 6.27. The Kier molecular flexibility index (Phi) is 7.16. The van der Waals surface area contributed by atoms with Crippen molar-refractivity contribution in [2.45, 2.75) is 51.5 Å². The van der Waals surface area contributed by atoms with Gasteiger partial charge in [0.25, 0.3) is 0 Å². The van der Waals surface area contributed by atoms with Gasteiger partial charge in [-0.2, -0.15) is 0 Å². The second kappa shape index (κ2) is 9.36. The molecule has 0 bridgehead atoms. The molecule has 0 aliphatic heterocycles. The maximum Gasteiger partial charge on any atom is 0.246 e. The predicted octanol–water partition coefficient (Wildman–Crippen LogP) is 4.29. The Balaban J connectivity index is 2.03. The van der Waals surface area contributed by atoms with Crippen LogP contribution in [0.5, 0.6) is 11.5 Å². The fraction of sp³-hybridized carbons (Fsp3) is 0.550. The molecule has 0 radical (unpaired) electrons. The van der Waals surface area contributed by atoms with Crippen LogP contribution < -0.4 is 9.47 Å². The molecule has 1 saturated carbocycles. The molecule has 132 valence electrons. The molecule has 0 aromatic heterocycles. The standard InChI is InChI=1S/C20H29NO3/c1-4-24-19-15-16(11-13-18(19)23-3)12-14-20(22)21(2)17-9-7-5-6-8-10-17/h11-15,17H,4-10H2,1-3H3/b14-12+. The molecule has 1 aliphatic rings. The molecular formula is C20H29NO3. The number of carbonyl (C=O) groups is 1. The number of ether oxygens (including phenoxy) is 2. The number of hydrogen-bond acceptors (Lipinski definition) is 3. The average molecular weight is 331 g/mol. The quantitative estimate of drug-likeness (QED) is 0.576. The Morgan fingerprint density at radius 1 is 1.21 bits per heavy atom. The monoisotopic (exact) mass is 331 g/mol. The van der Waals surface area contributed by atoms with Crippen LogP contribution in [0.2, 0.25) is 0 Å². The fourth-order valence-corrected chi connectivity index (χ4v) is 3.18. The maximum atomic E-state index is 12.4. The van der Waals surface area contributed by atoms with Crippen LogP contribution >= 0.6 is 0 Å². The van der Waals surface area contributed by atoms with E-state index in [0.717, 1.165) is 18.4 Å². The van der Waals surface area contributed by atoms with Gasteiger partial charge in [-0.1, -0.05) is 31.7 Å². The largest absolute Gasteiger partial charge is 0.493 e. The third kappa shape index (κ3) is 5.02. The third-order valence-electron chi connectivity index (χ3n) is 4.63. The zero-order valence-electron chi connectivity index (χ0n) is 15.1. The first kappa shape index (κ1) is 18.4. The Labute approximate surface area is 145 Å². The van der Waals surface area contributed by atoms with Crippen LogP contribution in [0.25, 0.3) is 6.08 Å². The minimum atomic E-state index is 0.0654. The molecule has 1 aliphatic carbocycles. The van der Waals surface area contributed by atoms with Crippen LogP contribution in [0.3, 0.4) is 0 Å². The lowest BCUT2D eigenvalue weighted by atomic mass is 10.1. The number of rotatable bonds is 6. The summed E-state index contributed by atoms with van der Waals surface area (Å²) < 4.78 is 10.9. The molecule has 1 aromatic carbocycles. The van der Waals surface area contributed by atoms with Gasteiger partial charge in [-0.25, -0.2) is 0 Å². The SMILES string of the molecule is CCOc1cc(/C=C/C(=O)N(C)C2CCCCCC2)ccc1OC. The maximum absolute atomic E-state index is 12.4. The molecule has 0 unspecified atom stereocenters. The zero-order valence-corrected chi connectivity index (χ0v) is 15.1. The number of amides is 1. The van der Waals surface area contributed by atoms with Gasteiger partial charge < -0.3 is 14.4 Å². The van der Waals surface area contributed by atoms with E-state index in [1.807, 2.05) is 43.1 Å². The molecule has 24 heavy (non-hydrogen) atoms. The lowest BCUT2D eigenvalue weighted by Gasteiger charge is -2.26. The van der Waals surface area contributed by atoms with Crippen molar-refractivity contribution in [3.05, 3.63) is 29.8 Å². The number of carbonyl (C=O) groups excluding carboxylic acids is 1. The van der Waals surface area contributed by atoms with Crippen LogP contribution in [-0.4, -0.2) is 37.6 Å². The van der Waals surface area contributed by atoms with E-state index in [9.17, 15) is 4.79 Å². The average Bonchev–Trinajstić information content (AvgIpc) is 2.89. The summed E-state index contributed by atoms with van der Waals surface area (Å²) in [5.41, 5.74) is 0.932. The number of methoxy groups -OCH3 is 1. The molecule has 1 fully saturated rings. The van der Waals surface area contributed by atoms with E-state index in [4.69, 9.17) is 9.47 Å². The summed E-state index contributed by atoms with van der Waals surface area (Å²) in [5.74, 6) is 1.47. The summed E-state index contributed by atoms with van der Waals surface area (Å²) in [6.45, 7) is 2.51. The lowest BCUT2D eigenvalue weighted by Crippen LogP contribution is -2.35. The van der Waals surface area contributed by atoms with Gasteiger partial charge in [0.15, 0.2) is 11.5 Å². The highest BCUT2D eigenvalue weighted by Crippen LogP contribution is 2.28. The highest BCUT2D eigenvalue weighted by molar-refractivity contribution is 5.91. The van der Waals surface area contributed by atoms with E-state index in [1.165, 1.54) is 25.7 Å². The van der Waals surface area contributed by atoms with Crippen LogP contribution in [-0.2, 0) is 4.79 Å². The van der Waals surface area contributed by atoms with Gasteiger partial charge in [0.1, 0.15) is 0 Å². The van der Waals surface area contributed by atoms with E-state index >= 15 is 0 Å². The van der Waals surface area contributed by atoms with Gasteiger partial charge >= 0.3 is 0 Å². The molecule has 4 nitrogen and oxygen atoms in total. The number of hydrogen-bond donors (Lipinski definition) is 0. The second-order valence-corrected chi connectivity index (χ2v) is 6.27. The summed E-state index contributed by atoms with van der Waals surface area (Å²) in [7, 11) is 3.54. The molecule has 0 atom stereocenters. The first-order valence-electron chi connectivity index (χ1n) is 8.91. The van der Waals surface area contributed by atoms with E-state index in [1.54, 1.807) is 13.2 Å². The minimum Gasteiger partial charge on any atom is -0.493 e.